The van der Waals surface area contributed by atoms with Crippen molar-refractivity contribution in [1.82, 2.24) is 0 Å². The first-order valence-electron chi connectivity index (χ1n) is 44.3. The Kier molecular flexibility index (Phi) is 74.7. The molecule has 0 aliphatic heterocycles. The zero-order chi connectivity index (χ0) is 77.2. The SMILES string of the molecule is CCCCCCCCCCCCCCCCCCCCCC(=O)OC[C@H](COP(=O)(O)OC[C@@H](O)COP(=O)(O)OC[C@@H](COC(=O)CCCCCCCCCCCC(C)C)OC(=O)CCCCCCCCCCCCC(C)C)OC(=O)CCCCCCCCCCCCCCCCCCCCC(C)C. The number of ether oxygens (including phenoxy) is 4. The fraction of sp³-hybridized carbons (Fsp3) is 0.953. The third-order valence-electron chi connectivity index (χ3n) is 20.1. The summed E-state index contributed by atoms with van der Waals surface area (Å²) in [6, 6.07) is 0. The number of carbonyl (C=O) groups excluding carboxylic acids is 4. The lowest BCUT2D eigenvalue weighted by Gasteiger charge is -2.21. The van der Waals surface area contributed by atoms with Crippen molar-refractivity contribution in [3.63, 3.8) is 0 Å². The van der Waals surface area contributed by atoms with Crippen LogP contribution in [0.3, 0.4) is 0 Å². The van der Waals surface area contributed by atoms with Crippen LogP contribution < -0.4 is 0 Å². The molecule has 19 heteroatoms. The Hall–Kier alpha value is -1.94. The molecule has 3 N–H and O–H groups in total. The van der Waals surface area contributed by atoms with E-state index in [-0.39, 0.29) is 25.7 Å². The van der Waals surface area contributed by atoms with Crippen LogP contribution in [0.1, 0.15) is 453 Å². The lowest BCUT2D eigenvalue weighted by atomic mass is 10.0. The monoisotopic (exact) mass is 1540 g/mol. The maximum atomic E-state index is 13.2. The molecule has 0 spiro atoms. The Labute approximate surface area is 645 Å². The van der Waals surface area contributed by atoms with Gasteiger partial charge in [-0.15, -0.1) is 0 Å². The van der Waals surface area contributed by atoms with Crippen LogP contribution in [0.5, 0.6) is 0 Å². The van der Waals surface area contributed by atoms with E-state index in [1.165, 1.54) is 263 Å². The zero-order valence-corrected chi connectivity index (χ0v) is 71.0. The molecule has 0 aliphatic rings. The first-order valence-corrected chi connectivity index (χ1v) is 47.3. The van der Waals surface area contributed by atoms with Gasteiger partial charge in [0, 0.05) is 25.7 Å². The summed E-state index contributed by atoms with van der Waals surface area (Å²) in [4.78, 5) is 73.2. The van der Waals surface area contributed by atoms with Crippen LogP contribution >= 0.6 is 15.6 Å². The molecule has 105 heavy (non-hydrogen) atoms. The highest BCUT2D eigenvalue weighted by molar-refractivity contribution is 7.47. The van der Waals surface area contributed by atoms with E-state index in [1.807, 2.05) is 0 Å². The van der Waals surface area contributed by atoms with E-state index in [2.05, 4.69) is 48.5 Å². The van der Waals surface area contributed by atoms with Gasteiger partial charge < -0.3 is 33.8 Å². The van der Waals surface area contributed by atoms with Crippen molar-refractivity contribution in [2.24, 2.45) is 17.8 Å². The van der Waals surface area contributed by atoms with Crippen molar-refractivity contribution in [2.45, 2.75) is 471 Å². The number of esters is 4. The third-order valence-corrected chi connectivity index (χ3v) is 22.0. The number of rotatable bonds is 84. The fourth-order valence-corrected chi connectivity index (χ4v) is 14.9. The van der Waals surface area contributed by atoms with Gasteiger partial charge in [0.05, 0.1) is 26.4 Å². The Balaban J connectivity index is 5.24. The summed E-state index contributed by atoms with van der Waals surface area (Å²) in [5.41, 5.74) is 0. The van der Waals surface area contributed by atoms with Gasteiger partial charge in [-0.1, -0.05) is 402 Å². The van der Waals surface area contributed by atoms with E-state index in [4.69, 9.17) is 37.0 Å². The highest BCUT2D eigenvalue weighted by Crippen LogP contribution is 2.45. The molecule has 0 saturated heterocycles. The van der Waals surface area contributed by atoms with Gasteiger partial charge in [-0.2, -0.15) is 0 Å². The molecule has 624 valence electrons. The van der Waals surface area contributed by atoms with E-state index < -0.39 is 97.5 Å². The number of phosphoric ester groups is 2. The average molecular weight is 1540 g/mol. The second kappa shape index (κ2) is 76.1. The molecule has 0 aromatic carbocycles. The quantitative estimate of drug-likeness (QED) is 0.0222. The van der Waals surface area contributed by atoms with Crippen LogP contribution in [0.15, 0.2) is 0 Å². The summed E-state index contributed by atoms with van der Waals surface area (Å²) in [7, 11) is -9.93. The molecule has 0 rings (SSSR count). The van der Waals surface area contributed by atoms with E-state index in [0.29, 0.717) is 25.7 Å². The van der Waals surface area contributed by atoms with Crippen molar-refractivity contribution in [3.05, 3.63) is 0 Å². The Morgan fingerprint density at radius 2 is 0.438 bits per heavy atom. The number of carbonyl (C=O) groups is 4. The molecule has 0 amide bonds. The molecular weight excluding hydrogens is 1370 g/mol. The van der Waals surface area contributed by atoms with Gasteiger partial charge in [0.1, 0.15) is 19.3 Å². The fourth-order valence-electron chi connectivity index (χ4n) is 13.4. The van der Waals surface area contributed by atoms with Crippen LogP contribution in [0.2, 0.25) is 0 Å². The van der Waals surface area contributed by atoms with Crippen molar-refractivity contribution in [2.75, 3.05) is 39.6 Å². The lowest BCUT2D eigenvalue weighted by molar-refractivity contribution is -0.161. The Bertz CT molecular complexity index is 2030. The summed E-state index contributed by atoms with van der Waals surface area (Å²) < 4.78 is 68.9. The highest BCUT2D eigenvalue weighted by Gasteiger charge is 2.30. The molecule has 0 aromatic rings. The number of hydrogen-bond donors (Lipinski definition) is 3. The van der Waals surface area contributed by atoms with E-state index in [9.17, 15) is 43.2 Å². The minimum Gasteiger partial charge on any atom is -0.462 e. The summed E-state index contributed by atoms with van der Waals surface area (Å²) in [6.45, 7) is 12.0. The molecule has 0 aromatic heterocycles. The lowest BCUT2D eigenvalue weighted by Crippen LogP contribution is -2.30. The molecule has 0 radical (unpaired) electrons. The predicted octanol–water partition coefficient (Wildman–Crippen LogP) is 26.1. The maximum Gasteiger partial charge on any atom is 0.472 e. The van der Waals surface area contributed by atoms with Gasteiger partial charge in [0.2, 0.25) is 0 Å². The van der Waals surface area contributed by atoms with Crippen LogP contribution in [0.4, 0.5) is 0 Å². The largest absolute Gasteiger partial charge is 0.472 e. The number of aliphatic hydroxyl groups is 1. The molecule has 0 fully saturated rings. The van der Waals surface area contributed by atoms with Crippen molar-refractivity contribution in [1.29, 1.82) is 0 Å². The molecule has 2 unspecified atom stereocenters. The second-order valence-corrected chi connectivity index (χ2v) is 35.3. The number of phosphoric acid groups is 2. The summed E-state index contributed by atoms with van der Waals surface area (Å²) in [5, 5.41) is 10.7. The number of aliphatic hydroxyl groups excluding tert-OH is 1. The summed E-state index contributed by atoms with van der Waals surface area (Å²) in [5.74, 6) is 0.211. The zero-order valence-electron chi connectivity index (χ0n) is 69.2. The van der Waals surface area contributed by atoms with E-state index >= 15 is 0 Å². The average Bonchev–Trinajstić information content (AvgIpc) is 0.977. The third kappa shape index (κ3) is 79.9. The van der Waals surface area contributed by atoms with Gasteiger partial charge in [-0.05, 0) is 43.4 Å². The van der Waals surface area contributed by atoms with E-state index in [1.54, 1.807) is 0 Å². The summed E-state index contributed by atoms with van der Waals surface area (Å²) in [6.07, 6.45) is 66.7. The van der Waals surface area contributed by atoms with Crippen molar-refractivity contribution < 1.29 is 80.2 Å². The van der Waals surface area contributed by atoms with Gasteiger partial charge in [-0.3, -0.25) is 37.3 Å². The minimum absolute atomic E-state index is 0.106. The second-order valence-electron chi connectivity index (χ2n) is 32.4. The van der Waals surface area contributed by atoms with Crippen LogP contribution in [0, 0.1) is 17.8 Å². The molecule has 0 bridgehead atoms. The molecule has 17 nitrogen and oxygen atoms in total. The number of unbranched alkanes of at least 4 members (excludes halogenated alkanes) is 52. The van der Waals surface area contributed by atoms with Crippen molar-refractivity contribution in [3.8, 4) is 0 Å². The van der Waals surface area contributed by atoms with Crippen LogP contribution in [-0.2, 0) is 65.4 Å². The molecule has 0 aliphatic carbocycles. The maximum absolute atomic E-state index is 13.2. The Morgan fingerprint density at radius 3 is 0.648 bits per heavy atom. The summed E-state index contributed by atoms with van der Waals surface area (Å²) >= 11 is 0. The van der Waals surface area contributed by atoms with Gasteiger partial charge >= 0.3 is 39.5 Å². The standard InChI is InChI=1S/C86H168O17P2/c1-8-9-10-11-12-13-14-15-16-17-18-22-25-28-31-39-46-53-60-67-83(88)96-73-81(102-85(90)69-62-55-48-40-32-29-26-23-20-19-21-24-27-30-36-43-50-57-64-77(2)3)75-100-104(92,93)98-71-80(87)72-99-105(94,95)101-76-82(74-97-84(89)68-61-54-47-42-35-38-45-52-59-66-79(6)7)103-86(91)70-63-56-49-41-34-33-37-44-51-58-65-78(4)5/h77-82,87H,8-76H2,1-7H3,(H,92,93)(H,94,95)/t80-,81-,82-/m1/s1. The van der Waals surface area contributed by atoms with Gasteiger partial charge in [-0.25, -0.2) is 9.13 Å². The van der Waals surface area contributed by atoms with Gasteiger partial charge in [0.15, 0.2) is 12.2 Å². The topological polar surface area (TPSA) is 237 Å². The van der Waals surface area contributed by atoms with Crippen LogP contribution in [-0.4, -0.2) is 96.7 Å². The minimum atomic E-state index is -4.97. The van der Waals surface area contributed by atoms with Crippen molar-refractivity contribution >= 4 is 39.5 Å². The first kappa shape index (κ1) is 103. The predicted molar refractivity (Wildman–Crippen MR) is 432 cm³/mol. The van der Waals surface area contributed by atoms with Gasteiger partial charge in [0.25, 0.3) is 0 Å². The molecule has 5 atom stereocenters. The molecule has 0 saturated carbocycles. The van der Waals surface area contributed by atoms with Crippen LogP contribution in [0.25, 0.3) is 0 Å². The highest BCUT2D eigenvalue weighted by atomic mass is 31.2. The normalized spacial score (nSPS) is 13.9. The first-order chi connectivity index (χ1) is 50.7. The smallest absolute Gasteiger partial charge is 0.462 e. The Morgan fingerprint density at radius 1 is 0.257 bits per heavy atom. The van der Waals surface area contributed by atoms with E-state index in [0.717, 1.165) is 108 Å². The number of hydrogen-bond acceptors (Lipinski definition) is 15. The molecular formula is C86H168O17P2. The molecule has 0 heterocycles.